The van der Waals surface area contributed by atoms with Crippen LogP contribution in [0.4, 0.5) is 0 Å². The molecule has 0 aromatic heterocycles. The fourth-order valence-corrected chi connectivity index (χ4v) is 1.94. The maximum Gasteiger partial charge on any atom is 0.341 e. The minimum Gasteiger partial charge on any atom is -0.490 e. The lowest BCUT2D eigenvalue weighted by Crippen LogP contribution is -2.33. The fourth-order valence-electron chi connectivity index (χ4n) is 1.94. The summed E-state index contributed by atoms with van der Waals surface area (Å²) in [5.41, 5.74) is 0.457. The second-order valence-electron chi connectivity index (χ2n) is 4.76. The van der Waals surface area contributed by atoms with Gasteiger partial charge in [-0.3, -0.25) is 4.79 Å². The standard InChI is InChI=1S/C16H23NO5/c1-4-12(5-2)17-16(20)11-7-8-13(22-10-15(18)19)14(9-11)21-6-3/h7-9,12H,4-6,10H2,1-3H3,(H,17,20)(H,18,19). The molecule has 0 aliphatic carbocycles. The van der Waals surface area contributed by atoms with Crippen molar-refractivity contribution in [2.75, 3.05) is 13.2 Å². The molecule has 2 N–H and O–H groups in total. The Kier molecular flexibility index (Phi) is 7.22. The molecule has 0 radical (unpaired) electrons. The molecule has 1 aromatic rings. The SMILES string of the molecule is CCOc1cc(C(=O)NC(CC)CC)ccc1OCC(=O)O. The second-order valence-corrected chi connectivity index (χ2v) is 4.76. The number of carboxylic acid groups (broad SMARTS) is 1. The molecule has 0 aliphatic heterocycles. The van der Waals surface area contributed by atoms with Crippen molar-refractivity contribution in [2.24, 2.45) is 0 Å². The Morgan fingerprint density at radius 1 is 1.14 bits per heavy atom. The van der Waals surface area contributed by atoms with Gasteiger partial charge in [-0.1, -0.05) is 13.8 Å². The number of carbonyl (C=O) groups is 2. The molecule has 1 rings (SSSR count). The zero-order valence-corrected chi connectivity index (χ0v) is 13.2. The number of carbonyl (C=O) groups excluding carboxylic acids is 1. The number of nitrogens with one attached hydrogen (secondary N) is 1. The van der Waals surface area contributed by atoms with Crippen LogP contribution in [-0.2, 0) is 4.79 Å². The lowest BCUT2D eigenvalue weighted by atomic mass is 10.1. The molecule has 0 aliphatic rings. The highest BCUT2D eigenvalue weighted by atomic mass is 16.5. The van der Waals surface area contributed by atoms with Crippen molar-refractivity contribution in [3.63, 3.8) is 0 Å². The van der Waals surface area contributed by atoms with E-state index in [4.69, 9.17) is 14.6 Å². The number of hydrogen-bond acceptors (Lipinski definition) is 4. The summed E-state index contributed by atoms with van der Waals surface area (Å²) in [6, 6.07) is 4.84. The van der Waals surface area contributed by atoms with E-state index in [1.807, 2.05) is 13.8 Å². The Morgan fingerprint density at radius 3 is 2.36 bits per heavy atom. The zero-order valence-electron chi connectivity index (χ0n) is 13.2. The second kappa shape index (κ2) is 8.92. The molecule has 0 atom stereocenters. The molecular weight excluding hydrogens is 286 g/mol. The molecule has 6 nitrogen and oxygen atoms in total. The first-order valence-corrected chi connectivity index (χ1v) is 7.44. The highest BCUT2D eigenvalue weighted by molar-refractivity contribution is 5.95. The van der Waals surface area contributed by atoms with Crippen molar-refractivity contribution in [1.82, 2.24) is 5.32 Å². The number of benzene rings is 1. The van der Waals surface area contributed by atoms with Crippen LogP contribution in [0.3, 0.4) is 0 Å². The monoisotopic (exact) mass is 309 g/mol. The van der Waals surface area contributed by atoms with Crippen molar-refractivity contribution in [2.45, 2.75) is 39.7 Å². The summed E-state index contributed by atoms with van der Waals surface area (Å²) < 4.78 is 10.6. The highest BCUT2D eigenvalue weighted by Gasteiger charge is 2.14. The van der Waals surface area contributed by atoms with Gasteiger partial charge in [0.05, 0.1) is 6.61 Å². The molecule has 1 aromatic carbocycles. The van der Waals surface area contributed by atoms with Gasteiger partial charge in [0.15, 0.2) is 18.1 Å². The third-order valence-electron chi connectivity index (χ3n) is 3.18. The topological polar surface area (TPSA) is 84.9 Å². The molecule has 0 fully saturated rings. The van der Waals surface area contributed by atoms with Crippen LogP contribution in [0, 0.1) is 0 Å². The van der Waals surface area contributed by atoms with Crippen LogP contribution in [0.1, 0.15) is 44.0 Å². The van der Waals surface area contributed by atoms with Crippen LogP contribution in [0.25, 0.3) is 0 Å². The Balaban J connectivity index is 2.91. The summed E-state index contributed by atoms with van der Waals surface area (Å²) in [6.45, 7) is 5.77. The Bertz CT molecular complexity index is 511. The maximum atomic E-state index is 12.2. The molecule has 0 saturated carbocycles. The van der Waals surface area contributed by atoms with Gasteiger partial charge in [-0.2, -0.15) is 0 Å². The summed E-state index contributed by atoms with van der Waals surface area (Å²) in [7, 11) is 0. The molecule has 22 heavy (non-hydrogen) atoms. The van der Waals surface area contributed by atoms with E-state index in [9.17, 15) is 9.59 Å². The number of rotatable bonds is 9. The third-order valence-corrected chi connectivity index (χ3v) is 3.18. The molecule has 0 spiro atoms. The Morgan fingerprint density at radius 2 is 1.82 bits per heavy atom. The van der Waals surface area contributed by atoms with Gasteiger partial charge in [-0.15, -0.1) is 0 Å². The summed E-state index contributed by atoms with van der Waals surface area (Å²) >= 11 is 0. The van der Waals surface area contributed by atoms with Gasteiger partial charge in [0.25, 0.3) is 5.91 Å². The van der Waals surface area contributed by atoms with Gasteiger partial charge in [0.2, 0.25) is 0 Å². The molecule has 122 valence electrons. The molecular formula is C16H23NO5. The van der Waals surface area contributed by atoms with Gasteiger partial charge >= 0.3 is 5.97 Å². The van der Waals surface area contributed by atoms with E-state index in [2.05, 4.69) is 5.32 Å². The summed E-state index contributed by atoms with van der Waals surface area (Å²) in [4.78, 5) is 22.8. The average molecular weight is 309 g/mol. The van der Waals surface area contributed by atoms with Crippen molar-refractivity contribution >= 4 is 11.9 Å². The molecule has 0 saturated heterocycles. The predicted molar refractivity (Wildman–Crippen MR) is 82.6 cm³/mol. The first-order chi connectivity index (χ1) is 10.5. The van der Waals surface area contributed by atoms with Gasteiger partial charge < -0.3 is 19.9 Å². The van der Waals surface area contributed by atoms with Crippen LogP contribution in [0.15, 0.2) is 18.2 Å². The number of carboxylic acids is 1. The van der Waals surface area contributed by atoms with Crippen molar-refractivity contribution < 1.29 is 24.2 Å². The van der Waals surface area contributed by atoms with E-state index in [1.165, 1.54) is 0 Å². The van der Waals surface area contributed by atoms with E-state index in [0.29, 0.717) is 23.7 Å². The van der Waals surface area contributed by atoms with Gasteiger partial charge in [-0.25, -0.2) is 4.79 Å². The predicted octanol–water partition coefficient (Wildman–Crippen LogP) is 2.47. The zero-order chi connectivity index (χ0) is 16.5. The van der Waals surface area contributed by atoms with Crippen LogP contribution < -0.4 is 14.8 Å². The third kappa shape index (κ3) is 5.27. The quantitative estimate of drug-likeness (QED) is 0.732. The molecule has 6 heteroatoms. The minimum atomic E-state index is -1.07. The molecule has 1 amide bonds. The van der Waals surface area contributed by atoms with Gasteiger partial charge in [-0.05, 0) is 38.0 Å². The number of hydrogen-bond donors (Lipinski definition) is 2. The first-order valence-electron chi connectivity index (χ1n) is 7.44. The van der Waals surface area contributed by atoms with Crippen molar-refractivity contribution in [3.05, 3.63) is 23.8 Å². The molecule has 0 bridgehead atoms. The highest BCUT2D eigenvalue weighted by Crippen LogP contribution is 2.28. The Labute approximate surface area is 130 Å². The number of aliphatic carboxylic acids is 1. The van der Waals surface area contributed by atoms with E-state index < -0.39 is 12.6 Å². The molecule has 0 unspecified atom stereocenters. The summed E-state index contributed by atoms with van der Waals surface area (Å²) in [6.07, 6.45) is 1.72. The van der Waals surface area contributed by atoms with Crippen molar-refractivity contribution in [1.29, 1.82) is 0 Å². The van der Waals surface area contributed by atoms with Crippen molar-refractivity contribution in [3.8, 4) is 11.5 Å². The van der Waals surface area contributed by atoms with E-state index in [-0.39, 0.29) is 11.9 Å². The minimum absolute atomic E-state index is 0.131. The van der Waals surface area contributed by atoms with Crippen LogP contribution in [0.5, 0.6) is 11.5 Å². The number of ether oxygens (including phenoxy) is 2. The summed E-state index contributed by atoms with van der Waals surface area (Å²) in [5.74, 6) is -0.582. The number of amides is 1. The molecule has 0 heterocycles. The normalized spacial score (nSPS) is 10.4. The lowest BCUT2D eigenvalue weighted by Gasteiger charge is -2.16. The fraction of sp³-hybridized carbons (Fsp3) is 0.500. The Hall–Kier alpha value is -2.24. The van der Waals surface area contributed by atoms with Crippen LogP contribution in [0.2, 0.25) is 0 Å². The average Bonchev–Trinajstić information content (AvgIpc) is 2.51. The van der Waals surface area contributed by atoms with Crippen LogP contribution in [-0.4, -0.2) is 36.2 Å². The smallest absolute Gasteiger partial charge is 0.341 e. The van der Waals surface area contributed by atoms with Gasteiger partial charge in [0, 0.05) is 11.6 Å². The van der Waals surface area contributed by atoms with E-state index in [0.717, 1.165) is 12.8 Å². The summed E-state index contributed by atoms with van der Waals surface area (Å²) in [5, 5.41) is 11.6. The largest absolute Gasteiger partial charge is 0.490 e. The maximum absolute atomic E-state index is 12.2. The first kappa shape index (κ1) is 17.8. The van der Waals surface area contributed by atoms with Crippen LogP contribution >= 0.6 is 0 Å². The lowest BCUT2D eigenvalue weighted by molar-refractivity contribution is -0.139. The van der Waals surface area contributed by atoms with E-state index >= 15 is 0 Å². The van der Waals surface area contributed by atoms with E-state index in [1.54, 1.807) is 25.1 Å². The van der Waals surface area contributed by atoms with Gasteiger partial charge in [0.1, 0.15) is 0 Å².